The molecule has 1 N–H and O–H groups in total. The highest BCUT2D eigenvalue weighted by molar-refractivity contribution is 7.99. The van der Waals surface area contributed by atoms with Crippen molar-refractivity contribution in [1.29, 1.82) is 0 Å². The normalized spacial score (nSPS) is 10.4. The molecule has 7 heteroatoms. The van der Waals surface area contributed by atoms with Crippen molar-refractivity contribution in [2.45, 2.75) is 5.75 Å². The first-order chi connectivity index (χ1) is 9.56. The number of nitro groups is 1. The van der Waals surface area contributed by atoms with Crippen molar-refractivity contribution in [3.63, 3.8) is 0 Å². The lowest BCUT2D eigenvalue weighted by molar-refractivity contribution is -0.384. The Hall–Kier alpha value is -1.79. The fraction of sp³-hybridized carbons (Fsp3) is 0.154. The van der Waals surface area contributed by atoms with Crippen LogP contribution in [0.5, 0.6) is 0 Å². The predicted molar refractivity (Wildman–Crippen MR) is 79.4 cm³/mol. The SMILES string of the molecule is O=C(CSCc1ccc(Cl)cc1)c1cc([N+](=O)[O-])c[nH]1. The van der Waals surface area contributed by atoms with E-state index < -0.39 is 4.92 Å². The van der Waals surface area contributed by atoms with E-state index in [0.717, 1.165) is 5.56 Å². The van der Waals surface area contributed by atoms with Crippen LogP contribution in [0.1, 0.15) is 16.1 Å². The third-order valence-electron chi connectivity index (χ3n) is 2.59. The molecule has 0 aliphatic heterocycles. The molecule has 0 amide bonds. The Bertz CT molecular complexity index is 625. The van der Waals surface area contributed by atoms with E-state index in [2.05, 4.69) is 4.98 Å². The smallest absolute Gasteiger partial charge is 0.287 e. The van der Waals surface area contributed by atoms with Gasteiger partial charge in [0.1, 0.15) is 0 Å². The topological polar surface area (TPSA) is 76.0 Å². The summed E-state index contributed by atoms with van der Waals surface area (Å²) in [6, 6.07) is 8.66. The molecule has 2 aromatic rings. The molecule has 0 aliphatic rings. The Morgan fingerprint density at radius 2 is 2.05 bits per heavy atom. The van der Waals surface area contributed by atoms with Crippen LogP contribution in [0.2, 0.25) is 5.02 Å². The third-order valence-corrected chi connectivity index (χ3v) is 3.85. The summed E-state index contributed by atoms with van der Waals surface area (Å²) >= 11 is 7.23. The molecule has 0 saturated carbocycles. The fourth-order valence-corrected chi connectivity index (χ4v) is 2.57. The number of H-pyrrole nitrogens is 1. The number of aromatic nitrogens is 1. The van der Waals surface area contributed by atoms with Crippen molar-refractivity contribution >= 4 is 34.8 Å². The van der Waals surface area contributed by atoms with Gasteiger partial charge >= 0.3 is 0 Å². The largest absolute Gasteiger partial charge is 0.353 e. The molecule has 104 valence electrons. The van der Waals surface area contributed by atoms with Crippen LogP contribution in [0, 0.1) is 10.1 Å². The van der Waals surface area contributed by atoms with Gasteiger partial charge in [0.05, 0.1) is 22.6 Å². The summed E-state index contributed by atoms with van der Waals surface area (Å²) in [5.74, 6) is 0.795. The zero-order valence-corrected chi connectivity index (χ0v) is 11.9. The molecule has 0 aliphatic carbocycles. The van der Waals surface area contributed by atoms with Gasteiger partial charge in [-0.3, -0.25) is 14.9 Å². The molecule has 0 bridgehead atoms. The summed E-state index contributed by atoms with van der Waals surface area (Å²) in [4.78, 5) is 24.4. The predicted octanol–water partition coefficient (Wildman–Crippen LogP) is 3.69. The monoisotopic (exact) mass is 310 g/mol. The summed E-state index contributed by atoms with van der Waals surface area (Å²) < 4.78 is 0. The molecule has 0 unspecified atom stereocenters. The molecule has 0 atom stereocenters. The molecule has 20 heavy (non-hydrogen) atoms. The summed E-state index contributed by atoms with van der Waals surface area (Å²) in [5, 5.41) is 11.2. The van der Waals surface area contributed by atoms with E-state index in [1.54, 1.807) is 12.1 Å². The molecule has 1 aromatic carbocycles. The van der Waals surface area contributed by atoms with Gasteiger partial charge in [-0.15, -0.1) is 11.8 Å². The molecular formula is C13H11ClN2O3S. The average Bonchev–Trinajstić information content (AvgIpc) is 2.91. The number of rotatable bonds is 6. The molecule has 5 nitrogen and oxygen atoms in total. The molecule has 0 fully saturated rings. The zero-order valence-electron chi connectivity index (χ0n) is 10.3. The molecule has 0 spiro atoms. The summed E-state index contributed by atoms with van der Waals surface area (Å²) in [6.07, 6.45) is 1.22. The maximum absolute atomic E-state index is 11.8. The highest BCUT2D eigenvalue weighted by Crippen LogP contribution is 2.18. The highest BCUT2D eigenvalue weighted by atomic mass is 35.5. The number of nitrogens with one attached hydrogen (secondary N) is 1. The lowest BCUT2D eigenvalue weighted by Crippen LogP contribution is -2.02. The number of carbonyl (C=O) groups excluding carboxylic acids is 1. The van der Waals surface area contributed by atoms with Crippen molar-refractivity contribution in [3.8, 4) is 0 Å². The van der Waals surface area contributed by atoms with Crippen molar-refractivity contribution in [2.24, 2.45) is 0 Å². The van der Waals surface area contributed by atoms with Crippen LogP contribution < -0.4 is 0 Å². The van der Waals surface area contributed by atoms with E-state index in [1.165, 1.54) is 24.0 Å². The third kappa shape index (κ3) is 3.85. The number of aromatic amines is 1. The first kappa shape index (κ1) is 14.6. The second kappa shape index (κ2) is 6.58. The van der Waals surface area contributed by atoms with Gasteiger partial charge in [0.15, 0.2) is 5.78 Å². The maximum atomic E-state index is 11.8. The minimum Gasteiger partial charge on any atom is -0.353 e. The number of hydrogen-bond acceptors (Lipinski definition) is 4. The minimum atomic E-state index is -0.534. The van der Waals surface area contributed by atoms with E-state index in [0.29, 0.717) is 10.8 Å². The summed E-state index contributed by atoms with van der Waals surface area (Å²) in [6.45, 7) is 0. The number of halogens is 1. The average molecular weight is 311 g/mol. The van der Waals surface area contributed by atoms with E-state index in [4.69, 9.17) is 11.6 Å². The standard InChI is InChI=1S/C13H11ClN2O3S/c14-10-3-1-9(2-4-10)7-20-8-13(17)12-5-11(6-15-12)16(18)19/h1-6,15H,7-8H2. The Balaban J connectivity index is 1.85. The molecular weight excluding hydrogens is 300 g/mol. The number of benzene rings is 1. The molecule has 1 heterocycles. The number of nitrogens with zero attached hydrogens (tertiary/aromatic N) is 1. The Kier molecular flexibility index (Phi) is 4.81. The van der Waals surface area contributed by atoms with E-state index >= 15 is 0 Å². The molecule has 2 rings (SSSR count). The van der Waals surface area contributed by atoms with Gasteiger partial charge in [-0.05, 0) is 17.7 Å². The Morgan fingerprint density at radius 1 is 1.35 bits per heavy atom. The highest BCUT2D eigenvalue weighted by Gasteiger charge is 2.14. The van der Waals surface area contributed by atoms with E-state index in [1.807, 2.05) is 12.1 Å². The zero-order chi connectivity index (χ0) is 14.5. The number of thioether (sulfide) groups is 1. The van der Waals surface area contributed by atoms with Crippen molar-refractivity contribution in [2.75, 3.05) is 5.75 Å². The lowest BCUT2D eigenvalue weighted by atomic mass is 10.2. The maximum Gasteiger partial charge on any atom is 0.287 e. The molecule has 0 saturated heterocycles. The van der Waals surface area contributed by atoms with E-state index in [9.17, 15) is 14.9 Å². The number of ketones is 1. The Morgan fingerprint density at radius 3 is 2.65 bits per heavy atom. The quantitative estimate of drug-likeness (QED) is 0.501. The van der Waals surface area contributed by atoms with Gasteiger partial charge in [0.2, 0.25) is 0 Å². The number of carbonyl (C=O) groups is 1. The van der Waals surface area contributed by atoms with Gasteiger partial charge in [0, 0.05) is 16.8 Å². The van der Waals surface area contributed by atoms with Crippen LogP contribution in [-0.4, -0.2) is 21.4 Å². The number of Topliss-reactive ketones (excluding diaryl/α,β-unsaturated/α-hetero) is 1. The van der Waals surface area contributed by atoms with Gasteiger partial charge in [-0.2, -0.15) is 0 Å². The van der Waals surface area contributed by atoms with Crippen LogP contribution in [-0.2, 0) is 5.75 Å². The summed E-state index contributed by atoms with van der Waals surface area (Å²) in [5.41, 5.74) is 1.24. The minimum absolute atomic E-state index is 0.101. The molecule has 1 aromatic heterocycles. The summed E-state index contributed by atoms with van der Waals surface area (Å²) in [7, 11) is 0. The number of hydrogen-bond donors (Lipinski definition) is 1. The van der Waals surface area contributed by atoms with E-state index in [-0.39, 0.29) is 22.9 Å². The van der Waals surface area contributed by atoms with Crippen molar-refractivity contribution in [1.82, 2.24) is 4.98 Å². The van der Waals surface area contributed by atoms with Crippen LogP contribution in [0.15, 0.2) is 36.5 Å². The van der Waals surface area contributed by atoms with Crippen molar-refractivity contribution < 1.29 is 9.72 Å². The van der Waals surface area contributed by atoms with Gasteiger partial charge in [-0.25, -0.2) is 0 Å². The molecule has 0 radical (unpaired) electrons. The first-order valence-electron chi connectivity index (χ1n) is 5.74. The lowest BCUT2D eigenvalue weighted by Gasteiger charge is -2.01. The van der Waals surface area contributed by atoms with Crippen molar-refractivity contribution in [3.05, 3.63) is 62.9 Å². The van der Waals surface area contributed by atoms with Crippen LogP contribution in [0.3, 0.4) is 0 Å². The van der Waals surface area contributed by atoms with Gasteiger partial charge < -0.3 is 4.98 Å². The van der Waals surface area contributed by atoms with Crippen LogP contribution >= 0.6 is 23.4 Å². The fourth-order valence-electron chi connectivity index (χ4n) is 1.57. The van der Waals surface area contributed by atoms with Gasteiger partial charge in [-0.1, -0.05) is 23.7 Å². The Labute approximate surface area is 124 Å². The van der Waals surface area contributed by atoms with Crippen LogP contribution in [0.4, 0.5) is 5.69 Å². The first-order valence-corrected chi connectivity index (χ1v) is 7.28. The van der Waals surface area contributed by atoms with Gasteiger partial charge in [0.25, 0.3) is 5.69 Å². The second-order valence-corrected chi connectivity index (χ2v) is 5.49. The van der Waals surface area contributed by atoms with Crippen LogP contribution in [0.25, 0.3) is 0 Å². The second-order valence-electron chi connectivity index (χ2n) is 4.07.